The summed E-state index contributed by atoms with van der Waals surface area (Å²) in [4.78, 5) is 18.9. The molecule has 3 aliphatic rings. The normalized spacial score (nSPS) is 24.2. The number of benzene rings is 2. The predicted molar refractivity (Wildman–Crippen MR) is 147 cm³/mol. The van der Waals surface area contributed by atoms with E-state index in [-0.39, 0.29) is 41.8 Å². The van der Waals surface area contributed by atoms with E-state index in [1.807, 2.05) is 6.92 Å². The van der Waals surface area contributed by atoms with Crippen molar-refractivity contribution in [2.45, 2.75) is 76.7 Å². The largest absolute Gasteiger partial charge is 0.478 e. The van der Waals surface area contributed by atoms with Crippen LogP contribution in [-0.4, -0.2) is 39.4 Å². The molecule has 2 aromatic heterocycles. The zero-order valence-electron chi connectivity index (χ0n) is 22.2. The van der Waals surface area contributed by atoms with Crippen molar-refractivity contribution >= 4 is 32.7 Å². The lowest BCUT2D eigenvalue weighted by atomic mass is 9.97. The van der Waals surface area contributed by atoms with E-state index in [0.717, 1.165) is 70.4 Å². The van der Waals surface area contributed by atoms with Gasteiger partial charge in [0.15, 0.2) is 5.13 Å². The topological polar surface area (TPSA) is 88.7 Å². The van der Waals surface area contributed by atoms with Gasteiger partial charge in [0.2, 0.25) is 0 Å². The van der Waals surface area contributed by atoms with E-state index in [9.17, 15) is 18.7 Å². The summed E-state index contributed by atoms with van der Waals surface area (Å²) < 4.78 is 41.3. The molecule has 1 aliphatic carbocycles. The lowest BCUT2D eigenvalue weighted by Gasteiger charge is -2.39. The number of fused-ring (bicyclic) bond motifs is 3. The molecule has 0 spiro atoms. The van der Waals surface area contributed by atoms with Crippen molar-refractivity contribution in [1.29, 1.82) is 0 Å². The first-order valence-electron chi connectivity index (χ1n) is 13.7. The van der Waals surface area contributed by atoms with E-state index < -0.39 is 17.6 Å². The molecule has 7 rings (SSSR count). The van der Waals surface area contributed by atoms with Crippen molar-refractivity contribution in [3.63, 3.8) is 0 Å². The molecule has 10 heteroatoms. The third-order valence-corrected chi connectivity index (χ3v) is 9.66. The average Bonchev–Trinajstić information content (AvgIpc) is 3.46. The van der Waals surface area contributed by atoms with Crippen molar-refractivity contribution in [3.8, 4) is 11.3 Å². The van der Waals surface area contributed by atoms with Crippen LogP contribution in [0.1, 0.15) is 72.2 Å². The molecule has 0 radical (unpaired) electrons. The molecule has 4 aromatic rings. The Bertz CT molecular complexity index is 1630. The minimum absolute atomic E-state index is 0.0128. The number of carbonyl (C=O) groups is 1. The molecular weight excluding hydrogens is 536 g/mol. The maximum Gasteiger partial charge on any atom is 0.335 e. The number of thiazole rings is 1. The first-order chi connectivity index (χ1) is 19.3. The lowest BCUT2D eigenvalue weighted by molar-refractivity contribution is 0.0136. The Balaban J connectivity index is 1.12. The molecule has 3 fully saturated rings. The molecule has 2 saturated heterocycles. The Morgan fingerprint density at radius 1 is 1.20 bits per heavy atom. The van der Waals surface area contributed by atoms with Crippen LogP contribution in [-0.2, 0) is 11.3 Å². The van der Waals surface area contributed by atoms with Crippen molar-refractivity contribution in [2.75, 3.05) is 4.90 Å². The van der Waals surface area contributed by atoms with Crippen LogP contribution in [0.5, 0.6) is 0 Å². The summed E-state index contributed by atoms with van der Waals surface area (Å²) >= 11 is 1.55. The first kappa shape index (κ1) is 25.6. The monoisotopic (exact) mass is 565 g/mol. The standard InChI is InChI=1S/C30H29F2N3O4S/c1-14-8-19-11-20(12-24(14)35(19)30-33-26-15(2)7-17(29(36)37)9-25(26)40-30)38-13-22-27(34-39-28(22)16-3-4-16)21-6-5-18(31)10-23(21)32/h5-7,9-10,14,16,19-20,24H,3-4,8,11-13H2,1-2H3,(H,36,37)/t14-,19?,20?,24?/m1/s1. The van der Waals surface area contributed by atoms with Gasteiger partial charge >= 0.3 is 5.97 Å². The molecular formula is C30H29F2N3O4S. The fourth-order valence-corrected chi connectivity index (χ4v) is 7.76. The molecule has 0 amide bonds. The van der Waals surface area contributed by atoms with Crippen molar-refractivity contribution in [1.82, 2.24) is 10.1 Å². The van der Waals surface area contributed by atoms with Crippen molar-refractivity contribution in [3.05, 3.63) is 64.4 Å². The van der Waals surface area contributed by atoms with E-state index in [0.29, 0.717) is 11.6 Å². The molecule has 2 aromatic carbocycles. The Kier molecular flexibility index (Phi) is 6.16. The molecule has 3 unspecified atom stereocenters. The molecule has 208 valence electrons. The van der Waals surface area contributed by atoms with Gasteiger partial charge in [0.25, 0.3) is 0 Å². The zero-order chi connectivity index (χ0) is 27.7. The molecule has 2 bridgehead atoms. The number of aromatic nitrogens is 2. The van der Waals surface area contributed by atoms with Crippen LogP contribution in [0.3, 0.4) is 0 Å². The highest BCUT2D eigenvalue weighted by Crippen LogP contribution is 2.47. The maximum absolute atomic E-state index is 14.7. The SMILES string of the molecule is Cc1cc(C(=O)O)cc2sc(N3C4CC(OCc5c(-c6ccc(F)cc6F)noc5C5CC5)CC3[C@H](C)C4)nc12. The molecule has 4 atom stereocenters. The van der Waals surface area contributed by atoms with Crippen LogP contribution in [0.25, 0.3) is 21.5 Å². The summed E-state index contributed by atoms with van der Waals surface area (Å²) in [5.41, 5.74) is 3.37. The van der Waals surface area contributed by atoms with Gasteiger partial charge in [-0.05, 0) is 74.8 Å². The highest BCUT2D eigenvalue weighted by Gasteiger charge is 2.46. The van der Waals surface area contributed by atoms with E-state index in [4.69, 9.17) is 14.2 Å². The number of ether oxygens (including phenoxy) is 1. The van der Waals surface area contributed by atoms with Crippen molar-refractivity contribution < 1.29 is 27.9 Å². The number of carboxylic acids is 1. The summed E-state index contributed by atoms with van der Waals surface area (Å²) in [6, 6.07) is 7.41. The van der Waals surface area contributed by atoms with Gasteiger partial charge in [0.1, 0.15) is 23.1 Å². The highest BCUT2D eigenvalue weighted by atomic mass is 32.1. The fraction of sp³-hybridized carbons (Fsp3) is 0.433. The van der Waals surface area contributed by atoms with Gasteiger partial charge < -0.3 is 19.3 Å². The molecule has 1 N–H and O–H groups in total. The number of rotatable bonds is 7. The lowest BCUT2D eigenvalue weighted by Crippen LogP contribution is -2.46. The Morgan fingerprint density at radius 2 is 2.02 bits per heavy atom. The van der Waals surface area contributed by atoms with E-state index in [2.05, 4.69) is 17.0 Å². The maximum atomic E-state index is 14.7. The number of nitrogens with zero attached hydrogens (tertiary/aromatic N) is 3. The number of aromatic carboxylic acids is 1. The molecule has 40 heavy (non-hydrogen) atoms. The van der Waals surface area contributed by atoms with E-state index in [1.165, 1.54) is 12.1 Å². The van der Waals surface area contributed by atoms with Gasteiger partial charge in [0.05, 0.1) is 28.5 Å². The van der Waals surface area contributed by atoms with Crippen LogP contribution in [0.2, 0.25) is 0 Å². The third kappa shape index (κ3) is 4.37. The van der Waals surface area contributed by atoms with E-state index in [1.54, 1.807) is 23.5 Å². The molecule has 1 saturated carbocycles. The Hall–Kier alpha value is -3.37. The molecule has 4 heterocycles. The van der Waals surface area contributed by atoms with Gasteiger partial charge in [-0.2, -0.15) is 0 Å². The van der Waals surface area contributed by atoms with Crippen molar-refractivity contribution in [2.24, 2.45) is 5.92 Å². The average molecular weight is 566 g/mol. The van der Waals surface area contributed by atoms with Gasteiger partial charge in [-0.25, -0.2) is 18.6 Å². The first-order valence-corrected chi connectivity index (χ1v) is 14.6. The quantitative estimate of drug-likeness (QED) is 0.256. The summed E-state index contributed by atoms with van der Waals surface area (Å²) in [7, 11) is 0. The number of hydrogen-bond acceptors (Lipinski definition) is 7. The zero-order valence-corrected chi connectivity index (χ0v) is 23.0. The second kappa shape index (κ2) is 9.62. The predicted octanol–water partition coefficient (Wildman–Crippen LogP) is 7.08. The number of aryl methyl sites for hydroxylation is 1. The van der Waals surface area contributed by atoms with Crippen LogP contribution in [0.15, 0.2) is 34.9 Å². The second-order valence-corrected chi connectivity index (χ2v) is 12.5. The fourth-order valence-electron chi connectivity index (χ4n) is 6.54. The number of anilines is 1. The number of piperidine rings is 1. The summed E-state index contributed by atoms with van der Waals surface area (Å²) in [5, 5.41) is 14.6. The Labute approximate surface area is 233 Å². The third-order valence-electron chi connectivity index (χ3n) is 8.65. The summed E-state index contributed by atoms with van der Waals surface area (Å²) in [5.74, 6) is -0.758. The van der Waals surface area contributed by atoms with Crippen LogP contribution < -0.4 is 4.90 Å². The molecule has 7 nitrogen and oxygen atoms in total. The summed E-state index contributed by atoms with van der Waals surface area (Å²) in [6.45, 7) is 4.43. The van der Waals surface area contributed by atoms with Crippen LogP contribution in [0, 0.1) is 24.5 Å². The van der Waals surface area contributed by atoms with Gasteiger partial charge in [-0.3, -0.25) is 0 Å². The van der Waals surface area contributed by atoms with E-state index >= 15 is 0 Å². The highest BCUT2D eigenvalue weighted by molar-refractivity contribution is 7.22. The minimum atomic E-state index is -0.936. The number of carboxylic acid groups (broad SMARTS) is 1. The second-order valence-electron chi connectivity index (χ2n) is 11.5. The number of hydrogen-bond donors (Lipinski definition) is 1. The van der Waals surface area contributed by atoms with Crippen LogP contribution in [0.4, 0.5) is 13.9 Å². The van der Waals surface area contributed by atoms with Gasteiger partial charge in [0, 0.05) is 35.2 Å². The minimum Gasteiger partial charge on any atom is -0.478 e. The number of halogens is 2. The van der Waals surface area contributed by atoms with Gasteiger partial charge in [-0.15, -0.1) is 0 Å². The molecule has 2 aliphatic heterocycles. The summed E-state index contributed by atoms with van der Waals surface area (Å²) in [6.07, 6.45) is 4.72. The smallest absolute Gasteiger partial charge is 0.335 e. The van der Waals surface area contributed by atoms with Gasteiger partial charge in [-0.1, -0.05) is 23.4 Å². The Morgan fingerprint density at radius 3 is 2.75 bits per heavy atom. The van der Waals surface area contributed by atoms with Crippen LogP contribution >= 0.6 is 11.3 Å².